The highest BCUT2D eigenvalue weighted by Crippen LogP contribution is 2.30. The normalized spacial score (nSPS) is 14.4. The lowest BCUT2D eigenvalue weighted by atomic mass is 9.91. The van der Waals surface area contributed by atoms with Gasteiger partial charge >= 0.3 is 0 Å². The van der Waals surface area contributed by atoms with Gasteiger partial charge in [0, 0.05) is 4.83 Å². The van der Waals surface area contributed by atoms with Crippen molar-refractivity contribution >= 4 is 15.9 Å². The molecule has 0 radical (unpaired) electrons. The maximum atomic E-state index is 3.77. The summed E-state index contributed by atoms with van der Waals surface area (Å²) in [4.78, 5) is 0.565. The van der Waals surface area contributed by atoms with Crippen LogP contribution in [0.5, 0.6) is 0 Å². The van der Waals surface area contributed by atoms with E-state index in [0.29, 0.717) is 10.7 Å². The monoisotopic (exact) mass is 310 g/mol. The van der Waals surface area contributed by atoms with E-state index >= 15 is 0 Å². The molecular formula is C17H27Br. The molecule has 1 heteroatoms. The largest absolute Gasteiger partial charge is 0.0887 e. The second kappa shape index (κ2) is 9.61. The average Bonchev–Trinajstić information content (AvgIpc) is 2.38. The summed E-state index contributed by atoms with van der Waals surface area (Å²) in [6.45, 7) is 4.55. The van der Waals surface area contributed by atoms with Crippen molar-refractivity contribution in [1.29, 1.82) is 0 Å². The molecule has 2 unspecified atom stereocenters. The summed E-state index contributed by atoms with van der Waals surface area (Å²) in [7, 11) is 0. The third-order valence-electron chi connectivity index (χ3n) is 3.65. The average molecular weight is 311 g/mol. The van der Waals surface area contributed by atoms with Gasteiger partial charge < -0.3 is 0 Å². The molecule has 0 fully saturated rings. The van der Waals surface area contributed by atoms with Crippen molar-refractivity contribution in [2.24, 2.45) is 0 Å². The van der Waals surface area contributed by atoms with Crippen molar-refractivity contribution in [3.63, 3.8) is 0 Å². The lowest BCUT2D eigenvalue weighted by Gasteiger charge is -2.20. The maximum Gasteiger partial charge on any atom is 0.0186 e. The van der Waals surface area contributed by atoms with Crippen LogP contribution in [0.1, 0.15) is 70.3 Å². The van der Waals surface area contributed by atoms with Gasteiger partial charge in [0.25, 0.3) is 0 Å². The van der Waals surface area contributed by atoms with E-state index in [1.807, 2.05) is 0 Å². The van der Waals surface area contributed by atoms with Crippen molar-refractivity contribution in [1.82, 2.24) is 0 Å². The van der Waals surface area contributed by atoms with E-state index < -0.39 is 0 Å². The Balaban J connectivity index is 2.31. The molecule has 0 spiro atoms. The van der Waals surface area contributed by atoms with Gasteiger partial charge in [-0.15, -0.1) is 0 Å². The molecule has 18 heavy (non-hydrogen) atoms. The number of alkyl halides is 1. The number of unbranched alkanes of at least 4 members (excludes halogenated alkanes) is 5. The molecule has 1 aromatic rings. The molecule has 102 valence electrons. The molecule has 0 aromatic heterocycles. The van der Waals surface area contributed by atoms with Crippen LogP contribution in [0.2, 0.25) is 0 Å². The van der Waals surface area contributed by atoms with E-state index in [9.17, 15) is 0 Å². The molecule has 0 aliphatic heterocycles. The van der Waals surface area contributed by atoms with E-state index in [1.165, 1.54) is 50.5 Å². The van der Waals surface area contributed by atoms with E-state index in [-0.39, 0.29) is 0 Å². The second-order valence-corrected chi connectivity index (χ2v) is 6.70. The van der Waals surface area contributed by atoms with Crippen LogP contribution in [0, 0.1) is 0 Å². The predicted molar refractivity (Wildman–Crippen MR) is 85.6 cm³/mol. The summed E-state index contributed by atoms with van der Waals surface area (Å²) < 4.78 is 0. The zero-order chi connectivity index (χ0) is 13.2. The first-order valence-corrected chi connectivity index (χ1v) is 8.36. The SMILES string of the molecule is CCCCCCCCC(c1ccccc1)C(C)Br. The molecule has 2 atom stereocenters. The van der Waals surface area contributed by atoms with E-state index in [1.54, 1.807) is 0 Å². The number of hydrogen-bond donors (Lipinski definition) is 0. The molecule has 0 amide bonds. The molecule has 1 rings (SSSR count). The van der Waals surface area contributed by atoms with Gasteiger partial charge in [-0.25, -0.2) is 0 Å². The van der Waals surface area contributed by atoms with Gasteiger partial charge in [-0.3, -0.25) is 0 Å². The van der Waals surface area contributed by atoms with Crippen LogP contribution in [-0.4, -0.2) is 4.83 Å². The molecule has 0 aliphatic rings. The van der Waals surface area contributed by atoms with Gasteiger partial charge in [-0.2, -0.15) is 0 Å². The Labute approximate surface area is 121 Å². The van der Waals surface area contributed by atoms with E-state index in [4.69, 9.17) is 0 Å². The number of hydrogen-bond acceptors (Lipinski definition) is 0. The minimum Gasteiger partial charge on any atom is -0.0887 e. The van der Waals surface area contributed by atoms with Crippen molar-refractivity contribution < 1.29 is 0 Å². The number of halogens is 1. The Morgan fingerprint density at radius 3 is 2.17 bits per heavy atom. The van der Waals surface area contributed by atoms with Crippen molar-refractivity contribution in [3.05, 3.63) is 35.9 Å². The molecule has 1 aromatic carbocycles. The summed E-state index contributed by atoms with van der Waals surface area (Å²) in [6, 6.07) is 10.9. The Morgan fingerprint density at radius 1 is 0.944 bits per heavy atom. The Hall–Kier alpha value is -0.300. The summed E-state index contributed by atoms with van der Waals surface area (Å²) in [5.41, 5.74) is 1.48. The quantitative estimate of drug-likeness (QED) is 0.370. The number of benzene rings is 1. The van der Waals surface area contributed by atoms with Gasteiger partial charge in [0.15, 0.2) is 0 Å². The molecule has 0 saturated heterocycles. The van der Waals surface area contributed by atoms with Gasteiger partial charge in [-0.05, 0) is 17.9 Å². The number of rotatable bonds is 9. The molecule has 0 bridgehead atoms. The topological polar surface area (TPSA) is 0 Å². The first-order chi connectivity index (χ1) is 8.75. The van der Waals surface area contributed by atoms with E-state index in [2.05, 4.69) is 60.1 Å². The highest BCUT2D eigenvalue weighted by Gasteiger charge is 2.15. The predicted octanol–water partition coefficient (Wildman–Crippen LogP) is 6.30. The smallest absolute Gasteiger partial charge is 0.0186 e. The molecular weight excluding hydrogens is 284 g/mol. The van der Waals surface area contributed by atoms with Crippen LogP contribution in [0.3, 0.4) is 0 Å². The fourth-order valence-corrected chi connectivity index (χ4v) is 3.08. The third kappa shape index (κ3) is 6.04. The fraction of sp³-hybridized carbons (Fsp3) is 0.647. The first-order valence-electron chi connectivity index (χ1n) is 7.44. The van der Waals surface area contributed by atoms with Crippen LogP contribution in [0.25, 0.3) is 0 Å². The van der Waals surface area contributed by atoms with Gasteiger partial charge in [0.2, 0.25) is 0 Å². The van der Waals surface area contributed by atoms with Crippen LogP contribution < -0.4 is 0 Å². The highest BCUT2D eigenvalue weighted by molar-refractivity contribution is 9.09. The zero-order valence-electron chi connectivity index (χ0n) is 11.9. The van der Waals surface area contributed by atoms with Crippen molar-refractivity contribution in [3.8, 4) is 0 Å². The maximum absolute atomic E-state index is 3.77. The molecule has 0 N–H and O–H groups in total. The molecule has 0 nitrogen and oxygen atoms in total. The summed E-state index contributed by atoms with van der Waals surface area (Å²) >= 11 is 3.77. The second-order valence-electron chi connectivity index (χ2n) is 5.25. The van der Waals surface area contributed by atoms with Gasteiger partial charge in [-0.1, -0.05) is 98.6 Å². The molecule has 0 saturated carbocycles. The summed E-state index contributed by atoms with van der Waals surface area (Å²) in [5.74, 6) is 0.664. The summed E-state index contributed by atoms with van der Waals surface area (Å²) in [6.07, 6.45) is 9.62. The minimum absolute atomic E-state index is 0.565. The standard InChI is InChI=1S/C17H27Br/c1-3-4-5-6-7-11-14-17(15(2)18)16-12-9-8-10-13-16/h8-10,12-13,15,17H,3-7,11,14H2,1-2H3. The van der Waals surface area contributed by atoms with Gasteiger partial charge in [0.05, 0.1) is 0 Å². The van der Waals surface area contributed by atoms with E-state index in [0.717, 1.165) is 0 Å². The van der Waals surface area contributed by atoms with Crippen molar-refractivity contribution in [2.75, 3.05) is 0 Å². The summed E-state index contributed by atoms with van der Waals surface area (Å²) in [5, 5.41) is 0. The van der Waals surface area contributed by atoms with Crippen molar-refractivity contribution in [2.45, 2.75) is 69.5 Å². The Kier molecular flexibility index (Phi) is 8.41. The van der Waals surface area contributed by atoms with Crippen LogP contribution in [0.4, 0.5) is 0 Å². The Bertz CT molecular complexity index is 292. The van der Waals surface area contributed by atoms with Gasteiger partial charge in [0.1, 0.15) is 0 Å². The Morgan fingerprint density at radius 2 is 1.56 bits per heavy atom. The molecule has 0 aliphatic carbocycles. The lowest BCUT2D eigenvalue weighted by molar-refractivity contribution is 0.538. The fourth-order valence-electron chi connectivity index (χ4n) is 2.51. The van der Waals surface area contributed by atoms with Crippen LogP contribution in [0.15, 0.2) is 30.3 Å². The highest BCUT2D eigenvalue weighted by atomic mass is 79.9. The van der Waals surface area contributed by atoms with Crippen LogP contribution in [-0.2, 0) is 0 Å². The third-order valence-corrected chi connectivity index (χ3v) is 4.29. The molecule has 0 heterocycles. The van der Waals surface area contributed by atoms with Crippen LogP contribution >= 0.6 is 15.9 Å². The zero-order valence-corrected chi connectivity index (χ0v) is 13.5. The first kappa shape index (κ1) is 15.8. The lowest BCUT2D eigenvalue weighted by Crippen LogP contribution is -2.08. The minimum atomic E-state index is 0.565.